The molecule has 1 aromatic carbocycles. The minimum absolute atomic E-state index is 0.0836. The molecule has 0 saturated heterocycles. The standard InChI is InChI=1S/C12H17F2NO/c1-3-12(16,4-2)8-15-11-7-9(13)5-6-10(11)14/h5-7,15-16H,3-4,8H2,1-2H3. The molecule has 0 unspecified atom stereocenters. The molecule has 16 heavy (non-hydrogen) atoms. The molecule has 0 fully saturated rings. The zero-order valence-electron chi connectivity index (χ0n) is 9.56. The summed E-state index contributed by atoms with van der Waals surface area (Å²) >= 11 is 0. The molecular weight excluding hydrogens is 212 g/mol. The summed E-state index contributed by atoms with van der Waals surface area (Å²) in [5.74, 6) is -1.02. The normalized spacial score (nSPS) is 11.6. The van der Waals surface area contributed by atoms with Crippen molar-refractivity contribution in [3.8, 4) is 0 Å². The minimum Gasteiger partial charge on any atom is -0.388 e. The van der Waals surface area contributed by atoms with E-state index in [4.69, 9.17) is 0 Å². The molecule has 0 radical (unpaired) electrons. The van der Waals surface area contributed by atoms with E-state index in [0.717, 1.165) is 18.2 Å². The fraction of sp³-hybridized carbons (Fsp3) is 0.500. The Morgan fingerprint density at radius 2 is 1.88 bits per heavy atom. The lowest BCUT2D eigenvalue weighted by Crippen LogP contribution is -2.35. The van der Waals surface area contributed by atoms with Crippen molar-refractivity contribution < 1.29 is 13.9 Å². The molecule has 2 N–H and O–H groups in total. The van der Waals surface area contributed by atoms with Gasteiger partial charge in [-0.3, -0.25) is 0 Å². The molecule has 0 amide bonds. The summed E-state index contributed by atoms with van der Waals surface area (Å²) in [4.78, 5) is 0. The summed E-state index contributed by atoms with van der Waals surface area (Å²) in [5.41, 5.74) is -0.793. The number of aliphatic hydroxyl groups is 1. The van der Waals surface area contributed by atoms with Gasteiger partial charge in [0.15, 0.2) is 0 Å². The van der Waals surface area contributed by atoms with Crippen LogP contribution in [-0.4, -0.2) is 17.3 Å². The third-order valence-electron chi connectivity index (χ3n) is 2.85. The van der Waals surface area contributed by atoms with Crippen molar-refractivity contribution in [3.05, 3.63) is 29.8 Å². The molecule has 0 saturated carbocycles. The first kappa shape index (κ1) is 12.9. The van der Waals surface area contributed by atoms with Crippen LogP contribution in [-0.2, 0) is 0 Å². The lowest BCUT2D eigenvalue weighted by Gasteiger charge is -2.26. The summed E-state index contributed by atoms with van der Waals surface area (Å²) in [5, 5.41) is 12.7. The molecule has 0 aliphatic heterocycles. The van der Waals surface area contributed by atoms with Crippen LogP contribution in [0.5, 0.6) is 0 Å². The van der Waals surface area contributed by atoms with E-state index in [0.29, 0.717) is 12.8 Å². The molecule has 1 rings (SSSR count). The molecule has 0 aromatic heterocycles. The number of hydrogen-bond acceptors (Lipinski definition) is 2. The van der Waals surface area contributed by atoms with E-state index in [1.807, 2.05) is 13.8 Å². The molecule has 0 aliphatic carbocycles. The second-order valence-corrected chi connectivity index (χ2v) is 3.91. The zero-order chi connectivity index (χ0) is 12.2. The van der Waals surface area contributed by atoms with Crippen LogP contribution >= 0.6 is 0 Å². The minimum atomic E-state index is -0.876. The number of hydrogen-bond donors (Lipinski definition) is 2. The van der Waals surface area contributed by atoms with E-state index >= 15 is 0 Å². The summed E-state index contributed by atoms with van der Waals surface area (Å²) in [7, 11) is 0. The van der Waals surface area contributed by atoms with Crippen LogP contribution in [0.2, 0.25) is 0 Å². The Hall–Kier alpha value is -1.16. The highest BCUT2D eigenvalue weighted by atomic mass is 19.1. The average molecular weight is 229 g/mol. The van der Waals surface area contributed by atoms with E-state index in [1.54, 1.807) is 0 Å². The van der Waals surface area contributed by atoms with E-state index in [9.17, 15) is 13.9 Å². The molecule has 0 atom stereocenters. The molecule has 0 spiro atoms. The molecule has 2 nitrogen and oxygen atoms in total. The third-order valence-corrected chi connectivity index (χ3v) is 2.85. The van der Waals surface area contributed by atoms with E-state index in [1.165, 1.54) is 0 Å². The maximum absolute atomic E-state index is 13.2. The van der Waals surface area contributed by atoms with Gasteiger partial charge in [0.25, 0.3) is 0 Å². The van der Waals surface area contributed by atoms with Gasteiger partial charge >= 0.3 is 0 Å². The van der Waals surface area contributed by atoms with Gasteiger partial charge in [0.2, 0.25) is 0 Å². The summed E-state index contributed by atoms with van der Waals surface area (Å²) in [6, 6.07) is 3.21. The predicted octanol–water partition coefficient (Wildman–Crippen LogP) is 2.93. The van der Waals surface area contributed by atoms with Gasteiger partial charge in [0.1, 0.15) is 11.6 Å². The van der Waals surface area contributed by atoms with Crippen LogP contribution in [0.1, 0.15) is 26.7 Å². The molecule has 4 heteroatoms. The van der Waals surface area contributed by atoms with Crippen molar-refractivity contribution >= 4 is 5.69 Å². The van der Waals surface area contributed by atoms with Crippen LogP contribution in [0.25, 0.3) is 0 Å². The summed E-state index contributed by atoms with van der Waals surface area (Å²) in [6.07, 6.45) is 1.13. The smallest absolute Gasteiger partial charge is 0.146 e. The summed E-state index contributed by atoms with van der Waals surface area (Å²) in [6.45, 7) is 3.92. The van der Waals surface area contributed by atoms with Crippen molar-refractivity contribution in [1.29, 1.82) is 0 Å². The molecule has 90 valence electrons. The van der Waals surface area contributed by atoms with Crippen molar-refractivity contribution in [2.75, 3.05) is 11.9 Å². The lowest BCUT2D eigenvalue weighted by molar-refractivity contribution is 0.0456. The Bertz CT molecular complexity index is 351. The van der Waals surface area contributed by atoms with Crippen LogP contribution in [0.3, 0.4) is 0 Å². The SMILES string of the molecule is CCC(O)(CC)CNc1cc(F)ccc1F. The van der Waals surface area contributed by atoms with Gasteiger partial charge in [-0.05, 0) is 31.0 Å². The van der Waals surface area contributed by atoms with Crippen LogP contribution in [0, 0.1) is 11.6 Å². The number of nitrogens with one attached hydrogen (secondary N) is 1. The Kier molecular flexibility index (Phi) is 4.24. The number of halogens is 2. The molecule has 0 bridgehead atoms. The average Bonchev–Trinajstić information content (AvgIpc) is 2.30. The Balaban J connectivity index is 2.70. The van der Waals surface area contributed by atoms with Crippen molar-refractivity contribution in [3.63, 3.8) is 0 Å². The van der Waals surface area contributed by atoms with Crippen LogP contribution in [0.15, 0.2) is 18.2 Å². The monoisotopic (exact) mass is 229 g/mol. The fourth-order valence-corrected chi connectivity index (χ4v) is 1.39. The maximum atomic E-state index is 13.2. The molecule has 0 aliphatic rings. The Morgan fingerprint density at radius 3 is 2.44 bits per heavy atom. The number of anilines is 1. The Labute approximate surface area is 94.3 Å². The van der Waals surface area contributed by atoms with Gasteiger partial charge in [0.05, 0.1) is 11.3 Å². The van der Waals surface area contributed by atoms with E-state index in [-0.39, 0.29) is 12.2 Å². The van der Waals surface area contributed by atoms with Gasteiger partial charge in [-0.15, -0.1) is 0 Å². The maximum Gasteiger partial charge on any atom is 0.146 e. The fourth-order valence-electron chi connectivity index (χ4n) is 1.39. The van der Waals surface area contributed by atoms with Crippen LogP contribution in [0.4, 0.5) is 14.5 Å². The second kappa shape index (κ2) is 5.25. The van der Waals surface area contributed by atoms with E-state index < -0.39 is 17.2 Å². The molecular formula is C12H17F2NO. The predicted molar refractivity (Wildman–Crippen MR) is 60.4 cm³/mol. The van der Waals surface area contributed by atoms with Gasteiger partial charge in [-0.2, -0.15) is 0 Å². The number of rotatable bonds is 5. The van der Waals surface area contributed by atoms with E-state index in [2.05, 4.69) is 5.32 Å². The highest BCUT2D eigenvalue weighted by Gasteiger charge is 2.22. The highest BCUT2D eigenvalue weighted by molar-refractivity contribution is 5.45. The zero-order valence-corrected chi connectivity index (χ0v) is 9.56. The molecule has 1 aromatic rings. The van der Waals surface area contributed by atoms with Gasteiger partial charge in [0, 0.05) is 6.54 Å². The topological polar surface area (TPSA) is 32.3 Å². The van der Waals surface area contributed by atoms with Gasteiger partial charge < -0.3 is 10.4 Å². The summed E-state index contributed by atoms with van der Waals surface area (Å²) < 4.78 is 26.1. The quantitative estimate of drug-likeness (QED) is 0.813. The first-order valence-corrected chi connectivity index (χ1v) is 5.42. The van der Waals surface area contributed by atoms with Crippen LogP contribution < -0.4 is 5.32 Å². The second-order valence-electron chi connectivity index (χ2n) is 3.91. The Morgan fingerprint density at radius 1 is 1.25 bits per heavy atom. The van der Waals surface area contributed by atoms with Crippen molar-refractivity contribution in [1.82, 2.24) is 0 Å². The highest BCUT2D eigenvalue weighted by Crippen LogP contribution is 2.19. The first-order chi connectivity index (χ1) is 7.50. The van der Waals surface area contributed by atoms with Gasteiger partial charge in [-0.1, -0.05) is 13.8 Å². The first-order valence-electron chi connectivity index (χ1n) is 5.42. The largest absolute Gasteiger partial charge is 0.388 e. The van der Waals surface area contributed by atoms with Crippen molar-refractivity contribution in [2.45, 2.75) is 32.3 Å². The number of benzene rings is 1. The lowest BCUT2D eigenvalue weighted by atomic mass is 9.97. The van der Waals surface area contributed by atoms with Crippen molar-refractivity contribution in [2.24, 2.45) is 0 Å². The van der Waals surface area contributed by atoms with Gasteiger partial charge in [-0.25, -0.2) is 8.78 Å². The molecule has 0 heterocycles. The third kappa shape index (κ3) is 3.17.